The molecular formula is C34H31Cl2N3O3S. The third-order valence-electron chi connectivity index (χ3n) is 6.48. The Bertz CT molecular complexity index is 1680. The molecule has 0 fully saturated rings. The minimum absolute atomic E-state index is 0.00420. The molecule has 0 aliphatic rings. The van der Waals surface area contributed by atoms with Crippen LogP contribution < -0.4 is 16.0 Å². The fourth-order valence-corrected chi connectivity index (χ4v) is 5.61. The van der Waals surface area contributed by atoms with E-state index in [1.165, 1.54) is 17.8 Å². The highest BCUT2D eigenvalue weighted by Gasteiger charge is 2.20. The third kappa shape index (κ3) is 8.97. The lowest BCUT2D eigenvalue weighted by Crippen LogP contribution is -2.30. The van der Waals surface area contributed by atoms with Gasteiger partial charge in [-0.05, 0) is 91.6 Å². The van der Waals surface area contributed by atoms with Gasteiger partial charge in [0.15, 0.2) is 0 Å². The molecule has 0 spiro atoms. The van der Waals surface area contributed by atoms with Crippen LogP contribution in [0.4, 0.5) is 11.4 Å². The molecule has 3 amide bonds. The molecule has 0 bridgehead atoms. The number of hydrogen-bond donors (Lipinski definition) is 3. The Labute approximate surface area is 265 Å². The van der Waals surface area contributed by atoms with E-state index in [9.17, 15) is 14.4 Å². The minimum Gasteiger partial charge on any atom is -0.325 e. The molecule has 6 nitrogen and oxygen atoms in total. The molecule has 1 unspecified atom stereocenters. The largest absolute Gasteiger partial charge is 0.325 e. The first-order chi connectivity index (χ1) is 20.6. The maximum Gasteiger partial charge on any atom is 0.272 e. The fourth-order valence-electron chi connectivity index (χ4n) is 4.13. The number of halogens is 2. The lowest BCUT2D eigenvalue weighted by molar-refractivity contribution is -0.116. The zero-order chi connectivity index (χ0) is 30.9. The Kier molecular flexibility index (Phi) is 11.1. The quantitative estimate of drug-likeness (QED) is 0.121. The third-order valence-corrected chi connectivity index (χ3v) is 8.40. The van der Waals surface area contributed by atoms with Gasteiger partial charge in [-0.15, -0.1) is 11.8 Å². The first-order valence-corrected chi connectivity index (χ1v) is 15.3. The second kappa shape index (κ2) is 14.9. The SMILES string of the molecule is CCC(Sc1cccc(NC(=O)/C(=C\c2ccc(Cl)cc2Cl)NC(=O)c2ccccc2)c1)C(=O)Nc1cc(C)ccc1C. The molecule has 0 radical (unpaired) electrons. The number of hydrogen-bond acceptors (Lipinski definition) is 4. The van der Waals surface area contributed by atoms with Crippen LogP contribution in [0.5, 0.6) is 0 Å². The van der Waals surface area contributed by atoms with Gasteiger partial charge in [-0.2, -0.15) is 0 Å². The molecule has 4 aromatic rings. The van der Waals surface area contributed by atoms with E-state index in [4.69, 9.17) is 23.2 Å². The molecule has 0 saturated heterocycles. The number of aryl methyl sites for hydroxylation is 2. The topological polar surface area (TPSA) is 87.3 Å². The first-order valence-electron chi connectivity index (χ1n) is 13.6. The summed E-state index contributed by atoms with van der Waals surface area (Å²) in [6.45, 7) is 5.90. The predicted octanol–water partition coefficient (Wildman–Crippen LogP) is 8.53. The molecule has 1 atom stereocenters. The van der Waals surface area contributed by atoms with E-state index in [1.807, 2.05) is 45.0 Å². The van der Waals surface area contributed by atoms with E-state index in [-0.39, 0.29) is 16.9 Å². The molecule has 9 heteroatoms. The normalized spacial score (nSPS) is 11.9. The average molecular weight is 633 g/mol. The van der Waals surface area contributed by atoms with Gasteiger partial charge in [0.05, 0.1) is 5.25 Å². The molecule has 4 rings (SSSR count). The Balaban J connectivity index is 1.53. The summed E-state index contributed by atoms with van der Waals surface area (Å²) in [5.74, 6) is -1.08. The molecule has 0 saturated carbocycles. The number of benzene rings is 4. The number of carbonyl (C=O) groups excluding carboxylic acids is 3. The van der Waals surface area contributed by atoms with Crippen LogP contribution in [-0.2, 0) is 9.59 Å². The highest BCUT2D eigenvalue weighted by atomic mass is 35.5. The molecule has 43 heavy (non-hydrogen) atoms. The van der Waals surface area contributed by atoms with Crippen molar-refractivity contribution in [3.63, 3.8) is 0 Å². The van der Waals surface area contributed by atoms with E-state index in [2.05, 4.69) is 16.0 Å². The standard InChI is InChI=1S/C34H31Cl2N3O3S/c1-4-31(34(42)38-29-17-21(2)13-14-22(29)3)43-27-12-8-11-26(20-27)37-33(41)30(18-24-15-16-25(35)19-28(24)36)39-32(40)23-9-6-5-7-10-23/h5-20,31H,4H2,1-3H3,(H,37,41)(H,38,42)(H,39,40)/b30-18+. The number of thioether (sulfide) groups is 1. The fraction of sp³-hybridized carbons (Fsp3) is 0.147. The maximum atomic E-state index is 13.5. The van der Waals surface area contributed by atoms with Crippen molar-refractivity contribution in [1.29, 1.82) is 0 Å². The Hall–Kier alpha value is -4.04. The Morgan fingerprint density at radius 1 is 0.860 bits per heavy atom. The molecule has 220 valence electrons. The van der Waals surface area contributed by atoms with Crippen molar-refractivity contribution in [1.82, 2.24) is 5.32 Å². The number of nitrogens with one attached hydrogen (secondary N) is 3. The highest BCUT2D eigenvalue weighted by Crippen LogP contribution is 2.30. The molecular weight excluding hydrogens is 601 g/mol. The summed E-state index contributed by atoms with van der Waals surface area (Å²) >= 11 is 13.8. The van der Waals surface area contributed by atoms with Gasteiger partial charge in [0.25, 0.3) is 11.8 Å². The summed E-state index contributed by atoms with van der Waals surface area (Å²) in [5, 5.41) is 9.04. The van der Waals surface area contributed by atoms with Crippen LogP contribution in [0.25, 0.3) is 6.08 Å². The Morgan fingerprint density at radius 2 is 1.63 bits per heavy atom. The lowest BCUT2D eigenvalue weighted by atomic mass is 10.1. The van der Waals surface area contributed by atoms with Crippen LogP contribution in [0.3, 0.4) is 0 Å². The maximum absolute atomic E-state index is 13.5. The van der Waals surface area contributed by atoms with Crippen molar-refractivity contribution in [3.8, 4) is 0 Å². The summed E-state index contributed by atoms with van der Waals surface area (Å²) in [5.41, 5.74) is 4.25. The van der Waals surface area contributed by atoms with E-state index >= 15 is 0 Å². The van der Waals surface area contributed by atoms with Crippen molar-refractivity contribution in [2.75, 3.05) is 10.6 Å². The predicted molar refractivity (Wildman–Crippen MR) is 178 cm³/mol. The highest BCUT2D eigenvalue weighted by molar-refractivity contribution is 8.00. The van der Waals surface area contributed by atoms with Gasteiger partial charge >= 0.3 is 0 Å². The van der Waals surface area contributed by atoms with Crippen molar-refractivity contribution in [2.24, 2.45) is 0 Å². The number of rotatable bonds is 10. The van der Waals surface area contributed by atoms with Gasteiger partial charge < -0.3 is 16.0 Å². The van der Waals surface area contributed by atoms with Gasteiger partial charge in [-0.1, -0.05) is 72.6 Å². The van der Waals surface area contributed by atoms with Gasteiger partial charge in [-0.3, -0.25) is 14.4 Å². The monoisotopic (exact) mass is 631 g/mol. The smallest absolute Gasteiger partial charge is 0.272 e. The van der Waals surface area contributed by atoms with Gasteiger partial charge in [0.2, 0.25) is 5.91 Å². The lowest BCUT2D eigenvalue weighted by Gasteiger charge is -2.17. The minimum atomic E-state index is -0.544. The van der Waals surface area contributed by atoms with E-state index in [0.29, 0.717) is 33.3 Å². The van der Waals surface area contributed by atoms with Gasteiger partial charge in [0, 0.05) is 31.9 Å². The summed E-state index contributed by atoms with van der Waals surface area (Å²) in [7, 11) is 0. The summed E-state index contributed by atoms with van der Waals surface area (Å²) in [6, 6.07) is 26.6. The van der Waals surface area contributed by atoms with Crippen molar-refractivity contribution in [3.05, 3.63) is 129 Å². The molecule has 3 N–H and O–H groups in total. The van der Waals surface area contributed by atoms with E-state index in [1.54, 1.807) is 66.7 Å². The van der Waals surface area contributed by atoms with E-state index < -0.39 is 11.8 Å². The van der Waals surface area contributed by atoms with Crippen LogP contribution in [0.1, 0.15) is 40.4 Å². The summed E-state index contributed by atoms with van der Waals surface area (Å²) in [4.78, 5) is 40.4. The number of amides is 3. The number of carbonyl (C=O) groups is 3. The van der Waals surface area contributed by atoms with Crippen LogP contribution in [-0.4, -0.2) is 23.0 Å². The van der Waals surface area contributed by atoms with Crippen molar-refractivity contribution >= 4 is 70.1 Å². The van der Waals surface area contributed by atoms with Crippen LogP contribution >= 0.6 is 35.0 Å². The number of anilines is 2. The second-order valence-corrected chi connectivity index (χ2v) is 12.0. The molecule has 4 aromatic carbocycles. The average Bonchev–Trinajstić information content (AvgIpc) is 2.99. The van der Waals surface area contributed by atoms with Crippen molar-refractivity contribution in [2.45, 2.75) is 37.3 Å². The van der Waals surface area contributed by atoms with Gasteiger partial charge in [-0.25, -0.2) is 0 Å². The second-order valence-electron chi connectivity index (χ2n) is 9.85. The molecule has 0 heterocycles. The first kappa shape index (κ1) is 31.9. The zero-order valence-corrected chi connectivity index (χ0v) is 26.2. The molecule has 0 aromatic heterocycles. The van der Waals surface area contributed by atoms with Crippen LogP contribution in [0, 0.1) is 13.8 Å². The van der Waals surface area contributed by atoms with Crippen LogP contribution in [0.15, 0.2) is 102 Å². The summed E-state index contributed by atoms with van der Waals surface area (Å²) in [6.07, 6.45) is 2.11. The summed E-state index contributed by atoms with van der Waals surface area (Å²) < 4.78 is 0. The van der Waals surface area contributed by atoms with Crippen molar-refractivity contribution < 1.29 is 14.4 Å². The molecule has 0 aliphatic heterocycles. The Morgan fingerprint density at radius 3 is 2.35 bits per heavy atom. The van der Waals surface area contributed by atoms with Gasteiger partial charge in [0.1, 0.15) is 5.70 Å². The molecule has 0 aliphatic carbocycles. The zero-order valence-electron chi connectivity index (χ0n) is 23.9. The van der Waals surface area contributed by atoms with Crippen LogP contribution in [0.2, 0.25) is 10.0 Å². The van der Waals surface area contributed by atoms with E-state index in [0.717, 1.165) is 21.7 Å².